The number of benzene rings is 1. The van der Waals surface area contributed by atoms with Gasteiger partial charge in [-0.3, -0.25) is 4.79 Å². The molecule has 28 heavy (non-hydrogen) atoms. The molecule has 1 nitrogen and oxygen atoms in total. The average Bonchev–Trinajstić information content (AvgIpc) is 2.94. The quantitative estimate of drug-likeness (QED) is 0.483. The van der Waals surface area contributed by atoms with E-state index < -0.39 is 0 Å². The maximum Gasteiger partial charge on any atom is 0.165 e. The van der Waals surface area contributed by atoms with Crippen LogP contribution in [0.1, 0.15) is 82.8 Å². The van der Waals surface area contributed by atoms with Gasteiger partial charge < -0.3 is 0 Å². The third-order valence-corrected chi connectivity index (χ3v) is 9.64. The van der Waals surface area contributed by atoms with Gasteiger partial charge in [0.05, 0.1) is 0 Å². The first-order valence-electron chi connectivity index (χ1n) is 11.7. The van der Waals surface area contributed by atoms with Gasteiger partial charge in [-0.15, -0.1) is 0 Å². The normalized spacial score (nSPS) is 44.1. The Morgan fingerprint density at radius 3 is 2.50 bits per heavy atom. The molecule has 4 aliphatic carbocycles. The standard InChI is InChI=1S/C27H36O/c1-18-7-9-19(10-8-18)16-20-17-24-22-12-11-21-6-4-5-14-26(21,2)23(22)13-15-27(24,3)25(20)28/h7-10,16,21-24H,4-6,11-15,17H2,1-3H3/t21-,22+,23+,24+,26-,27-/m0/s1. The van der Waals surface area contributed by atoms with Gasteiger partial charge in [-0.25, -0.2) is 0 Å². The zero-order chi connectivity index (χ0) is 19.5. The predicted octanol–water partition coefficient (Wildman–Crippen LogP) is 6.99. The molecule has 1 heteroatoms. The van der Waals surface area contributed by atoms with E-state index in [1.54, 1.807) is 0 Å². The highest BCUT2D eigenvalue weighted by atomic mass is 16.1. The fraction of sp³-hybridized carbons (Fsp3) is 0.667. The van der Waals surface area contributed by atoms with Crippen LogP contribution in [0.15, 0.2) is 29.8 Å². The summed E-state index contributed by atoms with van der Waals surface area (Å²) in [5.74, 6) is 3.62. The monoisotopic (exact) mass is 376 g/mol. The number of ketones is 1. The van der Waals surface area contributed by atoms with Gasteiger partial charge in [-0.2, -0.15) is 0 Å². The Bertz CT molecular complexity index is 802. The molecule has 0 spiro atoms. The molecular formula is C27H36O. The van der Waals surface area contributed by atoms with Crippen molar-refractivity contribution in [3.8, 4) is 0 Å². The molecule has 4 aliphatic rings. The lowest BCUT2D eigenvalue weighted by Crippen LogP contribution is -2.52. The summed E-state index contributed by atoms with van der Waals surface area (Å²) in [6, 6.07) is 8.64. The van der Waals surface area contributed by atoms with Crippen LogP contribution in [0.2, 0.25) is 0 Å². The summed E-state index contributed by atoms with van der Waals surface area (Å²) in [6.07, 6.45) is 14.2. The van der Waals surface area contributed by atoms with Crippen LogP contribution in [0.3, 0.4) is 0 Å². The van der Waals surface area contributed by atoms with Crippen LogP contribution in [0.5, 0.6) is 0 Å². The van der Waals surface area contributed by atoms with E-state index in [0.29, 0.717) is 17.1 Å². The number of carbonyl (C=O) groups excluding carboxylic acids is 1. The second-order valence-corrected chi connectivity index (χ2v) is 11.0. The molecule has 0 saturated heterocycles. The predicted molar refractivity (Wildman–Crippen MR) is 116 cm³/mol. The van der Waals surface area contributed by atoms with E-state index in [-0.39, 0.29) is 5.41 Å². The fourth-order valence-electron chi connectivity index (χ4n) is 7.96. The average molecular weight is 377 g/mol. The van der Waals surface area contributed by atoms with Crippen molar-refractivity contribution in [2.45, 2.75) is 78.6 Å². The molecule has 4 fully saturated rings. The van der Waals surface area contributed by atoms with Gasteiger partial charge in [0.1, 0.15) is 0 Å². The first kappa shape index (κ1) is 18.6. The number of hydrogen-bond donors (Lipinski definition) is 0. The number of aryl methyl sites for hydroxylation is 1. The minimum Gasteiger partial charge on any atom is -0.294 e. The zero-order valence-corrected chi connectivity index (χ0v) is 18.0. The van der Waals surface area contributed by atoms with E-state index in [1.165, 1.54) is 56.1 Å². The van der Waals surface area contributed by atoms with Crippen LogP contribution in [0.4, 0.5) is 0 Å². The number of rotatable bonds is 1. The van der Waals surface area contributed by atoms with Gasteiger partial charge in [0.15, 0.2) is 5.78 Å². The van der Waals surface area contributed by atoms with Crippen LogP contribution in [-0.2, 0) is 4.79 Å². The molecule has 0 amide bonds. The lowest BCUT2D eigenvalue weighted by molar-refractivity contribution is -0.137. The van der Waals surface area contributed by atoms with Crippen LogP contribution in [0, 0.1) is 41.4 Å². The van der Waals surface area contributed by atoms with Gasteiger partial charge in [-0.05, 0) is 98.2 Å². The van der Waals surface area contributed by atoms with Crippen LogP contribution in [0.25, 0.3) is 6.08 Å². The lowest BCUT2D eigenvalue weighted by Gasteiger charge is -2.59. The molecule has 1 aromatic rings. The van der Waals surface area contributed by atoms with Crippen LogP contribution >= 0.6 is 0 Å². The molecule has 0 radical (unpaired) electrons. The van der Waals surface area contributed by atoms with Crippen molar-refractivity contribution in [3.05, 3.63) is 41.0 Å². The van der Waals surface area contributed by atoms with Crippen molar-refractivity contribution < 1.29 is 4.79 Å². The first-order valence-corrected chi connectivity index (χ1v) is 11.7. The van der Waals surface area contributed by atoms with E-state index in [2.05, 4.69) is 51.1 Å². The summed E-state index contributed by atoms with van der Waals surface area (Å²) >= 11 is 0. The Morgan fingerprint density at radius 2 is 1.71 bits per heavy atom. The summed E-state index contributed by atoms with van der Waals surface area (Å²) in [6.45, 7) is 7.05. The summed E-state index contributed by atoms with van der Waals surface area (Å²) in [4.78, 5) is 13.5. The molecule has 4 saturated carbocycles. The van der Waals surface area contributed by atoms with Gasteiger partial charge in [0, 0.05) is 5.41 Å². The second kappa shape index (κ2) is 6.57. The summed E-state index contributed by atoms with van der Waals surface area (Å²) in [5, 5.41) is 0. The third kappa shape index (κ3) is 2.68. The Morgan fingerprint density at radius 1 is 0.929 bits per heavy atom. The minimum absolute atomic E-state index is 0.102. The highest BCUT2D eigenvalue weighted by molar-refractivity contribution is 6.05. The molecule has 0 bridgehead atoms. The highest BCUT2D eigenvalue weighted by Gasteiger charge is 2.60. The molecule has 0 heterocycles. The molecule has 0 aliphatic heterocycles. The molecule has 150 valence electrons. The summed E-state index contributed by atoms with van der Waals surface area (Å²) in [7, 11) is 0. The van der Waals surface area contributed by atoms with Crippen LogP contribution in [-0.4, -0.2) is 5.78 Å². The molecule has 1 aromatic carbocycles. The zero-order valence-electron chi connectivity index (χ0n) is 18.0. The molecule has 0 unspecified atom stereocenters. The van der Waals surface area contributed by atoms with E-state index in [4.69, 9.17) is 0 Å². The number of carbonyl (C=O) groups is 1. The third-order valence-electron chi connectivity index (χ3n) is 9.64. The van der Waals surface area contributed by atoms with Crippen molar-refractivity contribution in [2.24, 2.45) is 34.5 Å². The Hall–Kier alpha value is -1.37. The molecule has 6 atom stereocenters. The second-order valence-electron chi connectivity index (χ2n) is 11.0. The van der Waals surface area contributed by atoms with Crippen molar-refractivity contribution in [3.63, 3.8) is 0 Å². The van der Waals surface area contributed by atoms with Crippen molar-refractivity contribution in [2.75, 3.05) is 0 Å². The first-order chi connectivity index (χ1) is 13.4. The topological polar surface area (TPSA) is 17.1 Å². The van der Waals surface area contributed by atoms with Crippen LogP contribution < -0.4 is 0 Å². The van der Waals surface area contributed by atoms with E-state index in [0.717, 1.165) is 36.2 Å². The number of Topliss-reactive ketones (excluding diaryl/α,β-unsaturated/α-hetero) is 1. The van der Waals surface area contributed by atoms with Crippen molar-refractivity contribution in [1.82, 2.24) is 0 Å². The van der Waals surface area contributed by atoms with Gasteiger partial charge in [0.25, 0.3) is 0 Å². The number of allylic oxidation sites excluding steroid dienone is 1. The fourth-order valence-corrected chi connectivity index (χ4v) is 7.96. The van der Waals surface area contributed by atoms with Gasteiger partial charge in [-0.1, -0.05) is 56.5 Å². The highest BCUT2D eigenvalue weighted by Crippen LogP contribution is 2.66. The van der Waals surface area contributed by atoms with E-state index in [9.17, 15) is 4.79 Å². The number of fused-ring (bicyclic) bond motifs is 5. The molecular weight excluding hydrogens is 340 g/mol. The smallest absolute Gasteiger partial charge is 0.165 e. The van der Waals surface area contributed by atoms with Gasteiger partial charge in [0.2, 0.25) is 0 Å². The van der Waals surface area contributed by atoms with E-state index >= 15 is 0 Å². The molecule has 0 aromatic heterocycles. The minimum atomic E-state index is -0.102. The largest absolute Gasteiger partial charge is 0.294 e. The van der Waals surface area contributed by atoms with Crippen molar-refractivity contribution in [1.29, 1.82) is 0 Å². The number of hydrogen-bond acceptors (Lipinski definition) is 1. The molecule has 0 N–H and O–H groups in total. The molecule has 5 rings (SSSR count). The van der Waals surface area contributed by atoms with Crippen molar-refractivity contribution >= 4 is 11.9 Å². The Kier molecular flexibility index (Phi) is 4.38. The van der Waals surface area contributed by atoms with Gasteiger partial charge >= 0.3 is 0 Å². The lowest BCUT2D eigenvalue weighted by atomic mass is 9.45. The summed E-state index contributed by atoms with van der Waals surface area (Å²) in [5.41, 5.74) is 4.02. The Labute approximate surface area is 171 Å². The van der Waals surface area contributed by atoms with E-state index in [1.807, 2.05) is 0 Å². The SMILES string of the molecule is Cc1ccc(C=C2C[C@@H]3[C@@H]4CC[C@@H]5CCCC[C@]5(C)[C@@H]4CC[C@]3(C)C2=O)cc1. The maximum atomic E-state index is 13.5. The summed E-state index contributed by atoms with van der Waals surface area (Å²) < 4.78 is 0. The maximum absolute atomic E-state index is 13.5. The Balaban J connectivity index is 1.45.